The van der Waals surface area contributed by atoms with Crippen LogP contribution in [0.2, 0.25) is 0 Å². The molecule has 2 amide bonds. The van der Waals surface area contributed by atoms with E-state index in [-0.39, 0.29) is 18.2 Å². The lowest BCUT2D eigenvalue weighted by molar-refractivity contribution is -0.117. The Morgan fingerprint density at radius 1 is 1.00 bits per heavy atom. The van der Waals surface area contributed by atoms with Crippen molar-refractivity contribution in [2.24, 2.45) is 0 Å². The zero-order chi connectivity index (χ0) is 17.6. The highest BCUT2D eigenvalue weighted by atomic mass is 16.2. The number of amides is 2. The molecule has 0 saturated heterocycles. The highest BCUT2D eigenvalue weighted by molar-refractivity contribution is 5.94. The van der Waals surface area contributed by atoms with Gasteiger partial charge in [0, 0.05) is 24.2 Å². The first kappa shape index (κ1) is 16.6. The Hall–Kier alpha value is -3.22. The van der Waals surface area contributed by atoms with Crippen LogP contribution in [0.4, 0.5) is 11.4 Å². The van der Waals surface area contributed by atoms with E-state index in [0.29, 0.717) is 24.3 Å². The third-order valence-corrected chi connectivity index (χ3v) is 3.72. The number of rotatable bonds is 6. The Morgan fingerprint density at radius 2 is 1.72 bits per heavy atom. The van der Waals surface area contributed by atoms with E-state index in [2.05, 4.69) is 20.9 Å². The molecule has 1 aromatic heterocycles. The molecule has 0 atom stereocenters. The third kappa shape index (κ3) is 4.20. The first-order chi connectivity index (χ1) is 12.2. The van der Waals surface area contributed by atoms with Crippen molar-refractivity contribution in [3.05, 3.63) is 48.5 Å². The molecule has 7 nitrogen and oxygen atoms in total. The van der Waals surface area contributed by atoms with Crippen LogP contribution in [0, 0.1) is 0 Å². The van der Waals surface area contributed by atoms with Gasteiger partial charge in [0.25, 0.3) is 0 Å². The van der Waals surface area contributed by atoms with Crippen LogP contribution in [-0.2, 0) is 16.1 Å². The van der Waals surface area contributed by atoms with E-state index < -0.39 is 0 Å². The zero-order valence-corrected chi connectivity index (χ0v) is 13.9. The van der Waals surface area contributed by atoms with Crippen LogP contribution in [0.1, 0.15) is 19.8 Å². The topological polar surface area (TPSA) is 88.9 Å². The zero-order valence-electron chi connectivity index (χ0n) is 13.9. The van der Waals surface area contributed by atoms with E-state index in [1.54, 1.807) is 35.9 Å². The molecule has 0 spiro atoms. The lowest BCUT2D eigenvalue weighted by Crippen LogP contribution is -2.15. The Morgan fingerprint density at radius 3 is 2.48 bits per heavy atom. The van der Waals surface area contributed by atoms with Gasteiger partial charge in [-0.15, -0.1) is 5.10 Å². The largest absolute Gasteiger partial charge is 0.326 e. The molecular weight excluding hydrogens is 318 g/mol. The molecule has 0 bridgehead atoms. The molecule has 0 aliphatic rings. The van der Waals surface area contributed by atoms with Gasteiger partial charge < -0.3 is 10.6 Å². The van der Waals surface area contributed by atoms with Gasteiger partial charge >= 0.3 is 0 Å². The Kier molecular flexibility index (Phi) is 5.03. The molecule has 0 unspecified atom stereocenters. The van der Waals surface area contributed by atoms with Crippen molar-refractivity contribution in [2.75, 3.05) is 10.6 Å². The van der Waals surface area contributed by atoms with E-state index in [4.69, 9.17) is 0 Å². The molecule has 0 aliphatic carbocycles. The van der Waals surface area contributed by atoms with Gasteiger partial charge in [0.05, 0.1) is 12.1 Å². The van der Waals surface area contributed by atoms with E-state index in [0.717, 1.165) is 11.0 Å². The molecule has 2 aromatic carbocycles. The number of carbonyl (C=O) groups excluding carboxylic acids is 2. The maximum absolute atomic E-state index is 12.2. The van der Waals surface area contributed by atoms with E-state index in [1.807, 2.05) is 24.3 Å². The molecule has 0 aliphatic heterocycles. The fraction of sp³-hybridized carbons (Fsp3) is 0.222. The van der Waals surface area contributed by atoms with Crippen molar-refractivity contribution >= 4 is 34.2 Å². The first-order valence-corrected chi connectivity index (χ1v) is 8.13. The molecule has 3 rings (SSSR count). The van der Waals surface area contributed by atoms with Crippen molar-refractivity contribution in [2.45, 2.75) is 26.3 Å². The molecule has 7 heteroatoms. The summed E-state index contributed by atoms with van der Waals surface area (Å²) in [5, 5.41) is 13.7. The summed E-state index contributed by atoms with van der Waals surface area (Å²) in [7, 11) is 0. The van der Waals surface area contributed by atoms with Crippen molar-refractivity contribution in [3.8, 4) is 0 Å². The molecule has 25 heavy (non-hydrogen) atoms. The monoisotopic (exact) mass is 337 g/mol. The summed E-state index contributed by atoms with van der Waals surface area (Å²) < 4.78 is 1.72. The first-order valence-electron chi connectivity index (χ1n) is 8.13. The predicted octanol–water partition coefficient (Wildman–Crippen LogP) is 2.81. The molecule has 2 N–H and O–H groups in total. The lowest BCUT2D eigenvalue weighted by Gasteiger charge is -2.08. The number of para-hydroxylation sites is 1. The van der Waals surface area contributed by atoms with Crippen LogP contribution in [0.25, 0.3) is 11.0 Å². The van der Waals surface area contributed by atoms with Crippen LogP contribution in [-0.4, -0.2) is 26.8 Å². The maximum Gasteiger partial charge on any atom is 0.226 e. The van der Waals surface area contributed by atoms with Crippen LogP contribution in [0.5, 0.6) is 0 Å². The number of nitrogens with zero attached hydrogens (tertiary/aromatic N) is 3. The predicted molar refractivity (Wildman–Crippen MR) is 96.1 cm³/mol. The number of benzene rings is 2. The van der Waals surface area contributed by atoms with Crippen molar-refractivity contribution in [3.63, 3.8) is 0 Å². The number of aryl methyl sites for hydroxylation is 1. The molecule has 3 aromatic rings. The SMILES string of the molecule is CCC(=O)Nc1cccc(NC(=O)CCn2nnc3ccccc32)c1. The highest BCUT2D eigenvalue weighted by Crippen LogP contribution is 2.16. The molecule has 128 valence electrons. The maximum atomic E-state index is 12.2. The Labute approximate surface area is 145 Å². The van der Waals surface area contributed by atoms with Gasteiger partial charge in [-0.05, 0) is 30.3 Å². The number of nitrogens with one attached hydrogen (secondary N) is 2. The van der Waals surface area contributed by atoms with Gasteiger partial charge in [-0.2, -0.15) is 0 Å². The van der Waals surface area contributed by atoms with Gasteiger partial charge in [-0.3, -0.25) is 9.59 Å². The quantitative estimate of drug-likeness (QED) is 0.724. The molecule has 1 heterocycles. The second kappa shape index (κ2) is 7.57. The van der Waals surface area contributed by atoms with Crippen LogP contribution >= 0.6 is 0 Å². The van der Waals surface area contributed by atoms with Gasteiger partial charge in [-0.1, -0.05) is 30.3 Å². The number of hydrogen-bond donors (Lipinski definition) is 2. The standard InChI is InChI=1S/C18H19N5O2/c1-2-17(24)19-13-6-5-7-14(12-13)20-18(25)10-11-23-16-9-4-3-8-15(16)21-22-23/h3-9,12H,2,10-11H2,1H3,(H,19,24)(H,20,25). The average Bonchev–Trinajstić information content (AvgIpc) is 3.03. The van der Waals surface area contributed by atoms with Gasteiger partial charge in [0.15, 0.2) is 0 Å². The molecule has 0 saturated carbocycles. The summed E-state index contributed by atoms with van der Waals surface area (Å²) in [4.78, 5) is 23.6. The van der Waals surface area contributed by atoms with Crippen molar-refractivity contribution in [1.82, 2.24) is 15.0 Å². The fourth-order valence-electron chi connectivity index (χ4n) is 2.44. The summed E-state index contributed by atoms with van der Waals surface area (Å²) in [6.07, 6.45) is 0.682. The third-order valence-electron chi connectivity index (χ3n) is 3.72. The molecule has 0 fully saturated rings. The minimum absolute atomic E-state index is 0.0680. The minimum atomic E-state index is -0.126. The second-order valence-electron chi connectivity index (χ2n) is 5.58. The van der Waals surface area contributed by atoms with E-state index in [9.17, 15) is 9.59 Å². The Bertz CT molecular complexity index is 903. The smallest absolute Gasteiger partial charge is 0.226 e. The van der Waals surface area contributed by atoms with Crippen LogP contribution in [0.15, 0.2) is 48.5 Å². The average molecular weight is 337 g/mol. The minimum Gasteiger partial charge on any atom is -0.326 e. The molecule has 0 radical (unpaired) electrons. The number of aromatic nitrogens is 3. The van der Waals surface area contributed by atoms with E-state index >= 15 is 0 Å². The molecular formula is C18H19N5O2. The van der Waals surface area contributed by atoms with Crippen LogP contribution < -0.4 is 10.6 Å². The summed E-state index contributed by atoms with van der Waals surface area (Å²) in [5.41, 5.74) is 3.01. The van der Waals surface area contributed by atoms with Gasteiger partial charge in [-0.25, -0.2) is 4.68 Å². The summed E-state index contributed by atoms with van der Waals surface area (Å²) in [5.74, 6) is -0.194. The van der Waals surface area contributed by atoms with Crippen molar-refractivity contribution < 1.29 is 9.59 Å². The van der Waals surface area contributed by atoms with E-state index in [1.165, 1.54) is 0 Å². The van der Waals surface area contributed by atoms with Gasteiger partial charge in [0.2, 0.25) is 11.8 Å². The highest BCUT2D eigenvalue weighted by Gasteiger charge is 2.08. The fourth-order valence-corrected chi connectivity index (χ4v) is 2.44. The second-order valence-corrected chi connectivity index (χ2v) is 5.58. The summed E-state index contributed by atoms with van der Waals surface area (Å²) >= 11 is 0. The number of hydrogen-bond acceptors (Lipinski definition) is 4. The normalized spacial score (nSPS) is 10.6. The van der Waals surface area contributed by atoms with Gasteiger partial charge in [0.1, 0.15) is 5.52 Å². The number of carbonyl (C=O) groups is 2. The van der Waals surface area contributed by atoms with Crippen LogP contribution in [0.3, 0.4) is 0 Å². The summed E-state index contributed by atoms with van der Waals surface area (Å²) in [6, 6.07) is 14.7. The summed E-state index contributed by atoms with van der Waals surface area (Å²) in [6.45, 7) is 2.23. The lowest BCUT2D eigenvalue weighted by atomic mass is 10.2. The number of fused-ring (bicyclic) bond motifs is 1. The van der Waals surface area contributed by atoms with Crippen molar-refractivity contribution in [1.29, 1.82) is 0 Å². The number of anilines is 2. The Balaban J connectivity index is 1.59.